The minimum Gasteiger partial charge on any atom is -0.497 e. The van der Waals surface area contributed by atoms with Gasteiger partial charge >= 0.3 is 7.60 Å². The summed E-state index contributed by atoms with van der Waals surface area (Å²) in [6.45, 7) is 4.21. The van der Waals surface area contributed by atoms with Crippen LogP contribution in [0.1, 0.15) is 25.2 Å². The predicted octanol–water partition coefficient (Wildman–Crippen LogP) is 5.55. The van der Waals surface area contributed by atoms with Crippen LogP contribution in [0.15, 0.2) is 54.7 Å². The minimum atomic E-state index is -3.47. The molecule has 0 amide bonds. The Bertz CT molecular complexity index is 913. The first-order valence-electron chi connectivity index (χ1n) is 8.96. The smallest absolute Gasteiger partial charge is 0.357 e. The highest BCUT2D eigenvalue weighted by Gasteiger charge is 2.38. The molecule has 0 aliphatic rings. The summed E-state index contributed by atoms with van der Waals surface area (Å²) in [4.78, 5) is 3.24. The van der Waals surface area contributed by atoms with E-state index in [9.17, 15) is 4.57 Å². The van der Waals surface area contributed by atoms with E-state index in [4.69, 9.17) is 13.8 Å². The second-order valence-corrected chi connectivity index (χ2v) is 8.05. The fourth-order valence-electron chi connectivity index (χ4n) is 3.04. The van der Waals surface area contributed by atoms with Crippen molar-refractivity contribution in [2.24, 2.45) is 0 Å². The van der Waals surface area contributed by atoms with Crippen LogP contribution in [0.4, 0.5) is 5.69 Å². The molecule has 1 heterocycles. The second-order valence-electron chi connectivity index (χ2n) is 5.94. The lowest BCUT2D eigenvalue weighted by Gasteiger charge is -2.28. The van der Waals surface area contributed by atoms with E-state index in [0.29, 0.717) is 13.2 Å². The van der Waals surface area contributed by atoms with Crippen molar-refractivity contribution in [3.05, 3.63) is 60.3 Å². The number of nitrogens with one attached hydrogen (secondary N) is 2. The highest BCUT2D eigenvalue weighted by atomic mass is 31.2. The maximum absolute atomic E-state index is 13.6. The van der Waals surface area contributed by atoms with E-state index in [0.717, 1.165) is 27.9 Å². The van der Waals surface area contributed by atoms with Crippen LogP contribution in [0.2, 0.25) is 0 Å². The number of H-pyrrole nitrogens is 1. The van der Waals surface area contributed by atoms with E-state index in [2.05, 4.69) is 10.3 Å². The van der Waals surface area contributed by atoms with E-state index < -0.39 is 13.4 Å². The molecule has 2 aromatic carbocycles. The molecule has 3 rings (SSSR count). The van der Waals surface area contributed by atoms with Gasteiger partial charge in [0.2, 0.25) is 0 Å². The monoisotopic (exact) mass is 388 g/mol. The van der Waals surface area contributed by atoms with Crippen molar-refractivity contribution < 1.29 is 18.3 Å². The van der Waals surface area contributed by atoms with Crippen LogP contribution >= 0.6 is 7.60 Å². The summed E-state index contributed by atoms with van der Waals surface area (Å²) in [6, 6.07) is 15.3. The van der Waals surface area contributed by atoms with E-state index in [1.54, 1.807) is 7.11 Å². The molecule has 2 N–H and O–H groups in total. The second kappa shape index (κ2) is 8.61. The molecule has 7 heteroatoms. The van der Waals surface area contributed by atoms with Gasteiger partial charge in [-0.2, -0.15) is 0 Å². The summed E-state index contributed by atoms with van der Waals surface area (Å²) in [5.41, 5.74) is 2.60. The van der Waals surface area contributed by atoms with Crippen molar-refractivity contribution in [3.63, 3.8) is 0 Å². The van der Waals surface area contributed by atoms with Gasteiger partial charge in [-0.3, -0.25) is 4.57 Å². The molecule has 0 radical (unpaired) electrons. The van der Waals surface area contributed by atoms with Gasteiger partial charge < -0.3 is 24.1 Å². The van der Waals surface area contributed by atoms with Gasteiger partial charge in [0.05, 0.1) is 20.3 Å². The minimum absolute atomic E-state index is 0.292. The van der Waals surface area contributed by atoms with E-state index in [1.807, 2.05) is 68.6 Å². The fraction of sp³-hybridized carbons (Fsp3) is 0.300. The average molecular weight is 388 g/mol. The molecule has 6 nitrogen and oxygen atoms in total. The van der Waals surface area contributed by atoms with Crippen molar-refractivity contribution in [2.75, 3.05) is 25.6 Å². The van der Waals surface area contributed by atoms with Gasteiger partial charge in [-0.05, 0) is 44.2 Å². The zero-order valence-electron chi connectivity index (χ0n) is 15.8. The maximum Gasteiger partial charge on any atom is 0.357 e. The molecule has 1 atom stereocenters. The standard InChI is InChI=1S/C20H25N2O4P/c1-4-25-27(23,26-5-2)20(22-15-10-12-16(24-3)13-11-15)18-14-21-19-9-7-6-8-17(18)19/h6-14,20-22H,4-5H2,1-3H3. The number of fused-ring (bicyclic) bond motifs is 1. The Balaban J connectivity index is 2.06. The number of aromatic nitrogens is 1. The number of anilines is 1. The third kappa shape index (κ3) is 4.19. The lowest BCUT2D eigenvalue weighted by Crippen LogP contribution is -2.15. The van der Waals surface area contributed by atoms with E-state index in [-0.39, 0.29) is 0 Å². The largest absolute Gasteiger partial charge is 0.497 e. The Hall–Kier alpha value is -2.27. The topological polar surface area (TPSA) is 72.6 Å². The SMILES string of the molecule is CCOP(=O)(OCC)C(Nc1ccc(OC)cc1)c1c[nH]c2ccccc12. The first-order chi connectivity index (χ1) is 13.1. The van der Waals surface area contributed by atoms with E-state index in [1.165, 1.54) is 0 Å². The van der Waals surface area contributed by atoms with Gasteiger partial charge in [-0.15, -0.1) is 0 Å². The number of hydrogen-bond donors (Lipinski definition) is 2. The summed E-state index contributed by atoms with van der Waals surface area (Å²) in [5, 5.41) is 4.32. The van der Waals surface area contributed by atoms with Crippen molar-refractivity contribution in [2.45, 2.75) is 19.6 Å². The quantitative estimate of drug-likeness (QED) is 0.470. The Morgan fingerprint density at radius 1 is 1.04 bits per heavy atom. The summed E-state index contributed by atoms with van der Waals surface area (Å²) < 4.78 is 30.2. The molecule has 0 fully saturated rings. The lowest BCUT2D eigenvalue weighted by molar-refractivity contribution is 0.214. The van der Waals surface area contributed by atoms with Crippen molar-refractivity contribution in [1.29, 1.82) is 0 Å². The van der Waals surface area contributed by atoms with Crippen LogP contribution in [0.5, 0.6) is 5.75 Å². The number of para-hydroxylation sites is 1. The summed E-state index contributed by atoms with van der Waals surface area (Å²) in [7, 11) is -1.85. The average Bonchev–Trinajstić information content (AvgIpc) is 3.10. The van der Waals surface area contributed by atoms with Crippen molar-refractivity contribution in [3.8, 4) is 5.75 Å². The molecular weight excluding hydrogens is 363 g/mol. The van der Waals surface area contributed by atoms with Crippen molar-refractivity contribution >= 4 is 24.2 Å². The zero-order valence-corrected chi connectivity index (χ0v) is 16.7. The summed E-state index contributed by atoms with van der Waals surface area (Å²) >= 11 is 0. The molecule has 1 aromatic heterocycles. The Labute approximate surface area is 159 Å². The van der Waals surface area contributed by atoms with Crippen LogP contribution in [-0.2, 0) is 13.6 Å². The number of aromatic amines is 1. The Morgan fingerprint density at radius 2 is 1.70 bits per heavy atom. The first-order valence-corrected chi connectivity index (χ1v) is 10.6. The molecule has 0 spiro atoms. The molecule has 0 bridgehead atoms. The predicted molar refractivity (Wildman–Crippen MR) is 109 cm³/mol. The van der Waals surface area contributed by atoms with Gasteiger partial charge in [0.25, 0.3) is 0 Å². The molecule has 3 aromatic rings. The van der Waals surface area contributed by atoms with Gasteiger partial charge in [0.1, 0.15) is 5.75 Å². The van der Waals surface area contributed by atoms with Crippen molar-refractivity contribution in [1.82, 2.24) is 4.98 Å². The lowest BCUT2D eigenvalue weighted by atomic mass is 10.1. The number of ether oxygens (including phenoxy) is 1. The van der Waals surface area contributed by atoms with Gasteiger partial charge in [0.15, 0.2) is 5.78 Å². The molecular formula is C20H25N2O4P. The summed E-state index contributed by atoms with van der Waals surface area (Å²) in [5.74, 6) is 0.101. The highest BCUT2D eigenvalue weighted by Crippen LogP contribution is 2.61. The maximum atomic E-state index is 13.6. The normalized spacial score (nSPS) is 12.9. The molecule has 0 saturated carbocycles. The molecule has 0 saturated heterocycles. The third-order valence-electron chi connectivity index (χ3n) is 4.24. The molecule has 0 aliphatic heterocycles. The molecule has 1 unspecified atom stereocenters. The molecule has 144 valence electrons. The third-order valence-corrected chi connectivity index (χ3v) is 6.52. The van der Waals surface area contributed by atoms with Crippen LogP contribution in [0, 0.1) is 0 Å². The Kier molecular flexibility index (Phi) is 6.22. The van der Waals surface area contributed by atoms with Gasteiger partial charge in [-0.25, -0.2) is 0 Å². The van der Waals surface area contributed by atoms with Crippen LogP contribution in [0.25, 0.3) is 10.9 Å². The van der Waals surface area contributed by atoms with Crippen LogP contribution in [0.3, 0.4) is 0 Å². The van der Waals surface area contributed by atoms with Crippen LogP contribution in [-0.4, -0.2) is 25.3 Å². The van der Waals surface area contributed by atoms with Gasteiger partial charge in [-0.1, -0.05) is 18.2 Å². The number of methoxy groups -OCH3 is 1. The number of benzene rings is 2. The number of rotatable bonds is 9. The number of hydrogen-bond acceptors (Lipinski definition) is 5. The highest BCUT2D eigenvalue weighted by molar-refractivity contribution is 7.54. The summed E-state index contributed by atoms with van der Waals surface area (Å²) in [6.07, 6.45) is 1.86. The zero-order chi connectivity index (χ0) is 19.3. The Morgan fingerprint density at radius 3 is 2.33 bits per heavy atom. The molecule has 0 aliphatic carbocycles. The van der Waals surface area contributed by atoms with Crippen LogP contribution < -0.4 is 10.1 Å². The van der Waals surface area contributed by atoms with E-state index >= 15 is 0 Å². The first kappa shape index (κ1) is 19.5. The molecule has 27 heavy (non-hydrogen) atoms. The van der Waals surface area contributed by atoms with Gasteiger partial charge in [0, 0.05) is 28.4 Å². The fourth-order valence-corrected chi connectivity index (χ4v) is 4.99.